The van der Waals surface area contributed by atoms with Crippen LogP contribution < -0.4 is 10.2 Å². The Bertz CT molecular complexity index is 1390. The first-order valence-electron chi connectivity index (χ1n) is 36.7. The summed E-state index contributed by atoms with van der Waals surface area (Å²) in [6, 6.07) is -0.902. The summed E-state index contributed by atoms with van der Waals surface area (Å²) in [6.07, 6.45) is 84.7. The average molecular weight is 1180 g/mol. The van der Waals surface area contributed by atoms with Crippen molar-refractivity contribution in [1.29, 1.82) is 0 Å². The van der Waals surface area contributed by atoms with Gasteiger partial charge in [0.1, 0.15) is 13.2 Å². The number of allylic oxidation sites excluding steroid dienone is 3. The van der Waals surface area contributed by atoms with Crippen LogP contribution in [0, 0.1) is 0 Å². The van der Waals surface area contributed by atoms with Crippen molar-refractivity contribution in [1.82, 2.24) is 5.32 Å². The van der Waals surface area contributed by atoms with Crippen LogP contribution in [-0.4, -0.2) is 68.5 Å². The van der Waals surface area contributed by atoms with Crippen molar-refractivity contribution in [3.63, 3.8) is 0 Å². The molecule has 0 saturated heterocycles. The van der Waals surface area contributed by atoms with Gasteiger partial charge in [-0.1, -0.05) is 372 Å². The van der Waals surface area contributed by atoms with Crippen molar-refractivity contribution >= 4 is 13.7 Å². The zero-order valence-corrected chi connectivity index (χ0v) is 56.9. The molecule has 0 aromatic heterocycles. The number of aliphatic hydroxyl groups is 1. The van der Waals surface area contributed by atoms with Crippen LogP contribution in [0.1, 0.15) is 386 Å². The van der Waals surface area contributed by atoms with Gasteiger partial charge in [0.15, 0.2) is 0 Å². The first kappa shape index (κ1) is 81.0. The molecule has 488 valence electrons. The van der Waals surface area contributed by atoms with Crippen molar-refractivity contribution in [2.24, 2.45) is 0 Å². The number of hydrogen-bond donors (Lipinski definition) is 2. The number of phosphoric ester groups is 1. The number of amides is 1. The first-order valence-corrected chi connectivity index (χ1v) is 38.2. The Hall–Kier alpha value is -1.02. The number of phosphoric acid groups is 1. The monoisotopic (exact) mass is 1180 g/mol. The summed E-state index contributed by atoms with van der Waals surface area (Å²) in [5, 5.41) is 14.0. The molecule has 0 aliphatic rings. The molecule has 3 unspecified atom stereocenters. The quantitative estimate of drug-likeness (QED) is 0.0272. The Morgan fingerprint density at radius 3 is 0.988 bits per heavy atom. The van der Waals surface area contributed by atoms with Crippen molar-refractivity contribution in [3.8, 4) is 0 Å². The number of nitrogens with one attached hydrogen (secondary N) is 1. The third-order valence-corrected chi connectivity index (χ3v) is 18.1. The van der Waals surface area contributed by atoms with Crippen LogP contribution in [0.2, 0.25) is 0 Å². The smallest absolute Gasteiger partial charge is 0.268 e. The van der Waals surface area contributed by atoms with Crippen LogP contribution >= 0.6 is 7.82 Å². The fourth-order valence-corrected chi connectivity index (χ4v) is 12.2. The van der Waals surface area contributed by atoms with E-state index >= 15 is 0 Å². The highest BCUT2D eigenvalue weighted by Gasteiger charge is 2.23. The van der Waals surface area contributed by atoms with E-state index in [0.29, 0.717) is 17.4 Å². The number of hydrogen-bond acceptors (Lipinski definition) is 6. The van der Waals surface area contributed by atoms with Crippen LogP contribution in [0.4, 0.5) is 0 Å². The van der Waals surface area contributed by atoms with E-state index < -0.39 is 20.0 Å². The van der Waals surface area contributed by atoms with E-state index in [1.54, 1.807) is 6.08 Å². The minimum Gasteiger partial charge on any atom is -0.756 e. The van der Waals surface area contributed by atoms with Gasteiger partial charge in [-0.3, -0.25) is 9.36 Å². The molecule has 1 amide bonds. The number of carbonyl (C=O) groups excluding carboxylic acids is 1. The van der Waals surface area contributed by atoms with Crippen LogP contribution in [0.15, 0.2) is 24.3 Å². The van der Waals surface area contributed by atoms with Gasteiger partial charge in [-0.25, -0.2) is 0 Å². The summed E-state index contributed by atoms with van der Waals surface area (Å²) in [6.45, 7) is 4.70. The van der Waals surface area contributed by atoms with E-state index in [4.69, 9.17) is 9.05 Å². The van der Waals surface area contributed by atoms with E-state index in [-0.39, 0.29) is 19.1 Å². The second kappa shape index (κ2) is 64.5. The number of quaternary nitrogens is 1. The maximum atomic E-state index is 13.0. The molecule has 0 aromatic carbocycles. The molecule has 0 spiro atoms. The molecule has 82 heavy (non-hydrogen) atoms. The zero-order valence-electron chi connectivity index (χ0n) is 56.0. The molecule has 0 aliphatic carbocycles. The molecule has 0 aliphatic heterocycles. The lowest BCUT2D eigenvalue weighted by Crippen LogP contribution is -2.45. The van der Waals surface area contributed by atoms with E-state index in [0.717, 1.165) is 38.5 Å². The summed E-state index contributed by atoms with van der Waals surface area (Å²) in [5.41, 5.74) is 0. The van der Waals surface area contributed by atoms with Gasteiger partial charge in [-0.05, 0) is 32.1 Å². The van der Waals surface area contributed by atoms with Gasteiger partial charge in [-0.2, -0.15) is 0 Å². The minimum absolute atomic E-state index is 0.00334. The summed E-state index contributed by atoms with van der Waals surface area (Å²) in [7, 11) is 1.26. The zero-order chi connectivity index (χ0) is 59.8. The second-order valence-corrected chi connectivity index (χ2v) is 28.1. The maximum Gasteiger partial charge on any atom is 0.268 e. The standard InChI is InChI=1S/C73H145N2O6P/c1-6-8-10-12-14-16-18-20-22-24-26-28-30-32-34-36-37-39-40-42-44-46-48-50-52-54-56-58-60-62-64-66-72(76)71(70-81-82(78,79)80-69-68-75(3,4)5)74-73(77)67-65-63-61-59-57-55-53-51-49-47-45-43-41-38-35-33-31-29-27-25-23-21-19-17-15-13-11-9-7-2/h56,58,64,66,71-72,76H,6-55,57,59-63,65,67-70H2,1-5H3,(H-,74,77,78,79)/b58-56+,66-64+. The predicted octanol–water partition coefficient (Wildman–Crippen LogP) is 22.8. The fraction of sp³-hybridized carbons (Fsp3) is 0.932. The fourth-order valence-electron chi connectivity index (χ4n) is 11.5. The molecular formula is C73H145N2O6P. The van der Waals surface area contributed by atoms with Gasteiger partial charge in [0.25, 0.3) is 7.82 Å². The Morgan fingerprint density at radius 1 is 0.415 bits per heavy atom. The molecule has 0 heterocycles. The van der Waals surface area contributed by atoms with Gasteiger partial charge in [0, 0.05) is 6.42 Å². The van der Waals surface area contributed by atoms with Gasteiger partial charge in [0.05, 0.1) is 39.9 Å². The third-order valence-electron chi connectivity index (χ3n) is 17.2. The number of nitrogens with zero attached hydrogens (tertiary/aromatic N) is 1. The summed E-state index contributed by atoms with van der Waals surface area (Å²) in [4.78, 5) is 25.6. The maximum absolute atomic E-state index is 13.0. The molecule has 0 saturated carbocycles. The van der Waals surface area contributed by atoms with Crippen LogP contribution in [0.5, 0.6) is 0 Å². The lowest BCUT2D eigenvalue weighted by atomic mass is 10.0. The van der Waals surface area contributed by atoms with Gasteiger partial charge in [-0.15, -0.1) is 0 Å². The van der Waals surface area contributed by atoms with Crippen molar-refractivity contribution < 1.29 is 32.9 Å². The van der Waals surface area contributed by atoms with Gasteiger partial charge < -0.3 is 28.8 Å². The summed E-state index contributed by atoms with van der Waals surface area (Å²) < 4.78 is 23.5. The SMILES string of the molecule is CCCCCCCCCCCCCCCCCCCCCCCCCCC/C=C/CC/C=C/C(O)C(COP(=O)([O-])OCC[N+](C)(C)C)NC(=O)CCCCCCCCCCCCCCCCCCCCCCCCCCCCCCC. The summed E-state index contributed by atoms with van der Waals surface area (Å²) >= 11 is 0. The van der Waals surface area contributed by atoms with Gasteiger partial charge >= 0.3 is 0 Å². The summed E-state index contributed by atoms with van der Waals surface area (Å²) in [5.74, 6) is -0.198. The highest BCUT2D eigenvalue weighted by Crippen LogP contribution is 2.38. The number of carbonyl (C=O) groups is 1. The number of rotatable bonds is 69. The highest BCUT2D eigenvalue weighted by atomic mass is 31.2. The van der Waals surface area contributed by atoms with Crippen LogP contribution in [0.3, 0.4) is 0 Å². The number of unbranched alkanes of at least 4 members (excludes halogenated alkanes) is 54. The van der Waals surface area contributed by atoms with Crippen molar-refractivity contribution in [3.05, 3.63) is 24.3 Å². The average Bonchev–Trinajstić information content (AvgIpc) is 3.47. The largest absolute Gasteiger partial charge is 0.756 e. The Kier molecular flexibility index (Phi) is 63.7. The Morgan fingerprint density at radius 2 is 0.683 bits per heavy atom. The van der Waals surface area contributed by atoms with Crippen LogP contribution in [-0.2, 0) is 18.4 Å². The van der Waals surface area contributed by atoms with Gasteiger partial charge in [0.2, 0.25) is 5.91 Å². The molecule has 8 nitrogen and oxygen atoms in total. The van der Waals surface area contributed by atoms with Crippen molar-refractivity contribution in [2.45, 2.75) is 398 Å². The van der Waals surface area contributed by atoms with E-state index in [1.807, 2.05) is 27.2 Å². The Labute approximate surface area is 513 Å². The van der Waals surface area contributed by atoms with Crippen LogP contribution in [0.25, 0.3) is 0 Å². The first-order chi connectivity index (χ1) is 40.0. The molecule has 0 fully saturated rings. The normalized spacial score (nSPS) is 13.7. The molecule has 0 radical (unpaired) electrons. The Balaban J connectivity index is 4.04. The molecule has 0 rings (SSSR count). The lowest BCUT2D eigenvalue weighted by molar-refractivity contribution is -0.870. The molecule has 3 atom stereocenters. The predicted molar refractivity (Wildman–Crippen MR) is 358 cm³/mol. The molecule has 9 heteroatoms. The topological polar surface area (TPSA) is 108 Å². The number of aliphatic hydroxyl groups excluding tert-OH is 1. The third kappa shape index (κ3) is 66.5. The second-order valence-electron chi connectivity index (χ2n) is 26.7. The van der Waals surface area contributed by atoms with Crippen molar-refractivity contribution in [2.75, 3.05) is 40.9 Å². The molecule has 0 bridgehead atoms. The molecule has 0 aromatic rings. The van der Waals surface area contributed by atoms with E-state index in [1.165, 1.54) is 327 Å². The molecular weight excluding hydrogens is 1030 g/mol. The van der Waals surface area contributed by atoms with E-state index in [2.05, 4.69) is 31.3 Å². The number of likely N-dealkylation sites (N-methyl/N-ethyl adjacent to an activating group) is 1. The van der Waals surface area contributed by atoms with E-state index in [9.17, 15) is 19.4 Å². The molecule has 2 N–H and O–H groups in total. The highest BCUT2D eigenvalue weighted by molar-refractivity contribution is 7.45. The minimum atomic E-state index is -4.61. The lowest BCUT2D eigenvalue weighted by Gasteiger charge is -2.29.